The summed E-state index contributed by atoms with van der Waals surface area (Å²) in [5.74, 6) is -1.28. The number of carbonyl (C=O) groups is 2. The summed E-state index contributed by atoms with van der Waals surface area (Å²) in [6.45, 7) is 1.79. The Balaban J connectivity index is 2.29. The number of nitro benzene ring substituents is 1. The van der Waals surface area contributed by atoms with Gasteiger partial charge in [-0.3, -0.25) is 14.9 Å². The molecule has 0 aliphatic rings. The van der Waals surface area contributed by atoms with Gasteiger partial charge in [0.05, 0.1) is 23.4 Å². The fraction of sp³-hybridized carbons (Fsp3) is 0.143. The van der Waals surface area contributed by atoms with Crippen LogP contribution in [0.2, 0.25) is 0 Å². The highest BCUT2D eigenvalue weighted by Crippen LogP contribution is 2.26. The van der Waals surface area contributed by atoms with E-state index in [9.17, 15) is 19.7 Å². The first-order valence-electron chi connectivity index (χ1n) is 6.33. The van der Waals surface area contributed by atoms with Gasteiger partial charge in [-0.05, 0) is 31.2 Å². The number of hydrogen-bond donors (Lipinski definition) is 1. The van der Waals surface area contributed by atoms with Gasteiger partial charge < -0.3 is 14.5 Å². The number of furan rings is 1. The lowest BCUT2D eigenvalue weighted by Gasteiger charge is -2.06. The van der Waals surface area contributed by atoms with Crippen LogP contribution in [-0.2, 0) is 4.74 Å². The van der Waals surface area contributed by atoms with Crippen LogP contribution in [0.4, 0.5) is 11.4 Å². The molecule has 0 saturated heterocycles. The molecule has 0 spiro atoms. The maximum absolute atomic E-state index is 11.9. The van der Waals surface area contributed by atoms with Crippen LogP contribution in [-0.4, -0.2) is 23.4 Å². The molecule has 0 unspecified atom stereocenters. The summed E-state index contributed by atoms with van der Waals surface area (Å²) in [6.07, 6.45) is 1.31. The molecule has 2 rings (SSSR count). The van der Waals surface area contributed by atoms with Crippen molar-refractivity contribution >= 4 is 23.3 Å². The number of amides is 1. The van der Waals surface area contributed by atoms with Crippen LogP contribution in [0.15, 0.2) is 41.0 Å². The molecule has 8 heteroatoms. The number of esters is 1. The quantitative estimate of drug-likeness (QED) is 0.516. The van der Waals surface area contributed by atoms with E-state index in [0.717, 1.165) is 6.07 Å². The molecule has 2 aromatic rings. The Morgan fingerprint density at radius 1 is 1.36 bits per heavy atom. The Labute approximate surface area is 124 Å². The van der Waals surface area contributed by atoms with Gasteiger partial charge in [0, 0.05) is 6.07 Å². The second kappa shape index (κ2) is 6.53. The highest BCUT2D eigenvalue weighted by Gasteiger charge is 2.20. The third-order valence-corrected chi connectivity index (χ3v) is 2.70. The predicted molar refractivity (Wildman–Crippen MR) is 75.7 cm³/mol. The molecule has 1 aromatic heterocycles. The molecule has 114 valence electrons. The Hall–Kier alpha value is -3.16. The second-order valence-corrected chi connectivity index (χ2v) is 4.14. The largest absolute Gasteiger partial charge is 0.462 e. The second-order valence-electron chi connectivity index (χ2n) is 4.14. The minimum Gasteiger partial charge on any atom is -0.462 e. The predicted octanol–water partition coefficient (Wildman–Crippen LogP) is 2.62. The smallest absolute Gasteiger partial charge is 0.338 e. The zero-order chi connectivity index (χ0) is 16.1. The third-order valence-electron chi connectivity index (χ3n) is 2.70. The lowest BCUT2D eigenvalue weighted by Crippen LogP contribution is -2.13. The van der Waals surface area contributed by atoms with E-state index in [1.54, 1.807) is 6.92 Å². The molecule has 0 saturated carbocycles. The van der Waals surface area contributed by atoms with Crippen molar-refractivity contribution in [2.24, 2.45) is 0 Å². The topological polar surface area (TPSA) is 112 Å². The first kappa shape index (κ1) is 15.2. The van der Waals surface area contributed by atoms with Gasteiger partial charge in [-0.25, -0.2) is 4.79 Å². The first-order valence-corrected chi connectivity index (χ1v) is 6.33. The van der Waals surface area contributed by atoms with E-state index in [2.05, 4.69) is 5.32 Å². The van der Waals surface area contributed by atoms with E-state index in [1.807, 2.05) is 0 Å². The monoisotopic (exact) mass is 304 g/mol. The SMILES string of the molecule is CCOC(=O)c1ccc(NC(=O)c2ccco2)c([N+](=O)[O-])c1. The Morgan fingerprint density at radius 2 is 2.14 bits per heavy atom. The lowest BCUT2D eigenvalue weighted by atomic mass is 10.1. The molecule has 8 nitrogen and oxygen atoms in total. The van der Waals surface area contributed by atoms with Gasteiger partial charge in [-0.1, -0.05) is 0 Å². The number of carbonyl (C=O) groups excluding carboxylic acids is 2. The molecule has 22 heavy (non-hydrogen) atoms. The molecule has 1 amide bonds. The van der Waals surface area contributed by atoms with Gasteiger partial charge in [0.25, 0.3) is 11.6 Å². The van der Waals surface area contributed by atoms with Crippen molar-refractivity contribution < 1.29 is 23.7 Å². The molecule has 0 bridgehead atoms. The van der Waals surface area contributed by atoms with E-state index in [4.69, 9.17) is 9.15 Å². The first-order chi connectivity index (χ1) is 10.5. The van der Waals surface area contributed by atoms with Crippen molar-refractivity contribution in [2.75, 3.05) is 11.9 Å². The van der Waals surface area contributed by atoms with Gasteiger partial charge >= 0.3 is 5.97 Å². The van der Waals surface area contributed by atoms with Gasteiger partial charge in [0.1, 0.15) is 5.69 Å². The Kier molecular flexibility index (Phi) is 4.52. The van der Waals surface area contributed by atoms with Crippen LogP contribution in [0, 0.1) is 10.1 Å². The van der Waals surface area contributed by atoms with Crippen molar-refractivity contribution in [2.45, 2.75) is 6.92 Å². The minimum absolute atomic E-state index is 0.0174. The Morgan fingerprint density at radius 3 is 2.73 bits per heavy atom. The van der Waals surface area contributed by atoms with Crippen LogP contribution in [0.1, 0.15) is 27.8 Å². The summed E-state index contributed by atoms with van der Waals surface area (Å²) >= 11 is 0. The minimum atomic E-state index is -0.694. The van der Waals surface area contributed by atoms with Crippen LogP contribution in [0.25, 0.3) is 0 Å². The maximum Gasteiger partial charge on any atom is 0.338 e. The number of nitrogens with one attached hydrogen (secondary N) is 1. The van der Waals surface area contributed by atoms with Crippen LogP contribution >= 0.6 is 0 Å². The number of nitrogens with zero attached hydrogens (tertiary/aromatic N) is 1. The third kappa shape index (κ3) is 3.29. The van der Waals surface area contributed by atoms with E-state index in [-0.39, 0.29) is 23.6 Å². The summed E-state index contributed by atoms with van der Waals surface area (Å²) in [4.78, 5) is 33.9. The average Bonchev–Trinajstić information content (AvgIpc) is 3.02. The zero-order valence-corrected chi connectivity index (χ0v) is 11.6. The van der Waals surface area contributed by atoms with Crippen molar-refractivity contribution in [3.05, 3.63) is 58.0 Å². The van der Waals surface area contributed by atoms with Crippen LogP contribution < -0.4 is 5.32 Å². The molecule has 0 atom stereocenters. The molecule has 0 aliphatic carbocycles. The van der Waals surface area contributed by atoms with Gasteiger partial charge in [0.15, 0.2) is 5.76 Å². The maximum atomic E-state index is 11.9. The van der Waals surface area contributed by atoms with Gasteiger partial charge in [-0.15, -0.1) is 0 Å². The van der Waals surface area contributed by atoms with E-state index in [0.29, 0.717) is 0 Å². The normalized spacial score (nSPS) is 10.0. The van der Waals surface area contributed by atoms with Crippen LogP contribution in [0.3, 0.4) is 0 Å². The molecular weight excluding hydrogens is 292 g/mol. The summed E-state index contributed by atoms with van der Waals surface area (Å²) in [5, 5.41) is 13.5. The van der Waals surface area contributed by atoms with Crippen molar-refractivity contribution in [3.63, 3.8) is 0 Å². The summed E-state index contributed by atoms with van der Waals surface area (Å²) < 4.78 is 9.68. The molecule has 0 aliphatic heterocycles. The van der Waals surface area contributed by atoms with E-state index >= 15 is 0 Å². The van der Waals surface area contributed by atoms with E-state index < -0.39 is 22.5 Å². The number of nitro groups is 1. The standard InChI is InChI=1S/C14H12N2O6/c1-2-21-14(18)9-5-6-10(11(8-9)16(19)20)15-13(17)12-4-3-7-22-12/h3-8H,2H2,1H3,(H,15,17). The summed E-state index contributed by atoms with van der Waals surface area (Å²) in [7, 11) is 0. The molecule has 1 heterocycles. The molecular formula is C14H12N2O6. The van der Waals surface area contributed by atoms with Gasteiger partial charge in [0.2, 0.25) is 0 Å². The van der Waals surface area contributed by atoms with Crippen molar-refractivity contribution in [1.82, 2.24) is 0 Å². The fourth-order valence-electron chi connectivity index (χ4n) is 1.72. The number of ether oxygens (including phenoxy) is 1. The summed E-state index contributed by atoms with van der Waals surface area (Å²) in [6, 6.07) is 6.60. The molecule has 0 radical (unpaired) electrons. The fourth-order valence-corrected chi connectivity index (χ4v) is 1.72. The van der Waals surface area contributed by atoms with Gasteiger partial charge in [-0.2, -0.15) is 0 Å². The zero-order valence-electron chi connectivity index (χ0n) is 11.6. The van der Waals surface area contributed by atoms with Crippen LogP contribution in [0.5, 0.6) is 0 Å². The average molecular weight is 304 g/mol. The number of hydrogen-bond acceptors (Lipinski definition) is 6. The molecule has 0 fully saturated rings. The highest BCUT2D eigenvalue weighted by molar-refractivity contribution is 6.04. The molecule has 1 aromatic carbocycles. The Bertz CT molecular complexity index is 708. The van der Waals surface area contributed by atoms with Crippen molar-refractivity contribution in [3.8, 4) is 0 Å². The number of anilines is 1. The number of benzene rings is 1. The lowest BCUT2D eigenvalue weighted by molar-refractivity contribution is -0.383. The van der Waals surface area contributed by atoms with E-state index in [1.165, 1.54) is 30.5 Å². The number of rotatable bonds is 5. The summed E-state index contributed by atoms with van der Waals surface area (Å²) in [5.41, 5.74) is -0.422. The van der Waals surface area contributed by atoms with Crippen molar-refractivity contribution in [1.29, 1.82) is 0 Å². The highest BCUT2D eigenvalue weighted by atomic mass is 16.6. The molecule has 1 N–H and O–H groups in total.